The zero-order valence-electron chi connectivity index (χ0n) is 11.2. The molecule has 3 heteroatoms. The summed E-state index contributed by atoms with van der Waals surface area (Å²) in [5, 5.41) is 0. The molecule has 0 aromatic carbocycles. The lowest BCUT2D eigenvalue weighted by molar-refractivity contribution is 0.129. The van der Waals surface area contributed by atoms with Gasteiger partial charge in [-0.25, -0.2) is 0 Å². The Morgan fingerprint density at radius 3 is 2.88 bits per heavy atom. The van der Waals surface area contributed by atoms with Crippen LogP contribution in [0.4, 0.5) is 0 Å². The van der Waals surface area contributed by atoms with Gasteiger partial charge in [0.15, 0.2) is 0 Å². The zero-order chi connectivity index (χ0) is 12.1. The van der Waals surface area contributed by atoms with Crippen molar-refractivity contribution in [2.24, 2.45) is 11.7 Å². The summed E-state index contributed by atoms with van der Waals surface area (Å²) in [6.07, 6.45) is 12.1. The van der Waals surface area contributed by atoms with Gasteiger partial charge in [0.2, 0.25) is 0 Å². The first-order valence-electron chi connectivity index (χ1n) is 7.31. The molecule has 0 aromatic rings. The Kier molecular flexibility index (Phi) is 5.64. The Balaban J connectivity index is 1.85. The van der Waals surface area contributed by atoms with Crippen LogP contribution < -0.4 is 5.73 Å². The van der Waals surface area contributed by atoms with Crippen LogP contribution in [-0.2, 0) is 0 Å². The molecular formula is C14H28N2S. The lowest BCUT2D eigenvalue weighted by Gasteiger charge is -2.36. The van der Waals surface area contributed by atoms with Crippen LogP contribution in [0, 0.1) is 5.92 Å². The maximum absolute atomic E-state index is 6.01. The molecule has 1 saturated heterocycles. The maximum atomic E-state index is 6.01. The van der Waals surface area contributed by atoms with Crippen LogP contribution in [0.15, 0.2) is 0 Å². The molecule has 3 unspecified atom stereocenters. The van der Waals surface area contributed by atoms with E-state index in [0.29, 0.717) is 6.04 Å². The van der Waals surface area contributed by atoms with Crippen LogP contribution in [0.25, 0.3) is 0 Å². The third-order valence-corrected chi connectivity index (χ3v) is 5.38. The summed E-state index contributed by atoms with van der Waals surface area (Å²) >= 11 is 1.96. The Hall–Kier alpha value is 0.270. The van der Waals surface area contributed by atoms with Gasteiger partial charge in [0.25, 0.3) is 0 Å². The van der Waals surface area contributed by atoms with E-state index in [9.17, 15) is 0 Å². The number of rotatable bonds is 6. The molecule has 1 aliphatic heterocycles. The highest BCUT2D eigenvalue weighted by atomic mass is 32.2. The zero-order valence-corrected chi connectivity index (χ0v) is 12.1. The molecule has 3 atom stereocenters. The molecule has 1 aliphatic carbocycles. The SMILES string of the molecule is CSCCCC(CN)N1CCC2CCCCC21. The number of hydrogen-bond acceptors (Lipinski definition) is 3. The normalized spacial score (nSPS) is 31.4. The average molecular weight is 256 g/mol. The quantitative estimate of drug-likeness (QED) is 0.741. The van der Waals surface area contributed by atoms with E-state index in [1.165, 1.54) is 57.2 Å². The van der Waals surface area contributed by atoms with Crippen LogP contribution in [0.1, 0.15) is 44.9 Å². The van der Waals surface area contributed by atoms with Crippen LogP contribution in [0.5, 0.6) is 0 Å². The van der Waals surface area contributed by atoms with Gasteiger partial charge >= 0.3 is 0 Å². The Morgan fingerprint density at radius 2 is 2.12 bits per heavy atom. The van der Waals surface area contributed by atoms with Gasteiger partial charge in [0, 0.05) is 18.6 Å². The van der Waals surface area contributed by atoms with Gasteiger partial charge in [0.05, 0.1) is 0 Å². The summed E-state index contributed by atoms with van der Waals surface area (Å²) < 4.78 is 0. The Morgan fingerprint density at radius 1 is 1.29 bits per heavy atom. The molecule has 100 valence electrons. The highest BCUT2D eigenvalue weighted by molar-refractivity contribution is 7.98. The molecule has 0 bridgehead atoms. The first-order chi connectivity index (χ1) is 8.36. The lowest BCUT2D eigenvalue weighted by Crippen LogP contribution is -2.45. The maximum Gasteiger partial charge on any atom is 0.0221 e. The average Bonchev–Trinajstić information content (AvgIpc) is 2.79. The summed E-state index contributed by atoms with van der Waals surface area (Å²) in [7, 11) is 0. The molecule has 0 amide bonds. The smallest absolute Gasteiger partial charge is 0.0221 e. The second kappa shape index (κ2) is 7.01. The minimum absolute atomic E-state index is 0.662. The fourth-order valence-corrected chi connectivity index (χ4v) is 4.23. The van der Waals surface area contributed by atoms with Crippen molar-refractivity contribution in [3.8, 4) is 0 Å². The number of nitrogens with two attached hydrogens (primary N) is 1. The number of fused-ring (bicyclic) bond motifs is 1. The van der Waals surface area contributed by atoms with Crippen LogP contribution in [-0.4, -0.2) is 42.1 Å². The van der Waals surface area contributed by atoms with Gasteiger partial charge < -0.3 is 5.73 Å². The van der Waals surface area contributed by atoms with Crippen molar-refractivity contribution in [3.63, 3.8) is 0 Å². The van der Waals surface area contributed by atoms with Crippen LogP contribution >= 0.6 is 11.8 Å². The minimum Gasteiger partial charge on any atom is -0.329 e. The highest BCUT2D eigenvalue weighted by Gasteiger charge is 2.38. The number of likely N-dealkylation sites (tertiary alicyclic amines) is 1. The van der Waals surface area contributed by atoms with E-state index < -0.39 is 0 Å². The first-order valence-corrected chi connectivity index (χ1v) is 8.71. The number of nitrogens with zero attached hydrogens (tertiary/aromatic N) is 1. The second-order valence-corrected chi connectivity index (χ2v) is 6.65. The van der Waals surface area contributed by atoms with Crippen molar-refractivity contribution >= 4 is 11.8 Å². The standard InChI is InChI=1S/C14H28N2S/c1-17-10-4-6-13(11-15)16-9-8-12-5-2-3-7-14(12)16/h12-14H,2-11,15H2,1H3. The van der Waals surface area contributed by atoms with E-state index >= 15 is 0 Å². The fraction of sp³-hybridized carbons (Fsp3) is 1.00. The molecule has 2 nitrogen and oxygen atoms in total. The van der Waals surface area contributed by atoms with Gasteiger partial charge in [-0.2, -0.15) is 11.8 Å². The Labute approximate surface area is 111 Å². The molecule has 1 saturated carbocycles. The molecular weight excluding hydrogens is 228 g/mol. The second-order valence-electron chi connectivity index (χ2n) is 5.66. The predicted molar refractivity (Wildman–Crippen MR) is 77.5 cm³/mol. The monoisotopic (exact) mass is 256 g/mol. The molecule has 2 N–H and O–H groups in total. The van der Waals surface area contributed by atoms with Gasteiger partial charge in [-0.3, -0.25) is 4.90 Å². The van der Waals surface area contributed by atoms with E-state index in [4.69, 9.17) is 5.73 Å². The van der Waals surface area contributed by atoms with Gasteiger partial charge in [-0.15, -0.1) is 0 Å². The summed E-state index contributed by atoms with van der Waals surface area (Å²) in [5.41, 5.74) is 6.01. The summed E-state index contributed by atoms with van der Waals surface area (Å²) in [6.45, 7) is 2.17. The summed E-state index contributed by atoms with van der Waals surface area (Å²) in [6, 6.07) is 1.54. The molecule has 0 radical (unpaired) electrons. The van der Waals surface area contributed by atoms with Crippen molar-refractivity contribution in [2.75, 3.05) is 25.1 Å². The molecule has 2 rings (SSSR count). The largest absolute Gasteiger partial charge is 0.329 e. The highest BCUT2D eigenvalue weighted by Crippen LogP contribution is 2.37. The molecule has 2 fully saturated rings. The molecule has 2 aliphatic rings. The lowest BCUT2D eigenvalue weighted by atomic mass is 9.85. The van der Waals surface area contributed by atoms with Crippen molar-refractivity contribution in [1.29, 1.82) is 0 Å². The van der Waals surface area contributed by atoms with Crippen molar-refractivity contribution < 1.29 is 0 Å². The van der Waals surface area contributed by atoms with Gasteiger partial charge in [0.1, 0.15) is 0 Å². The fourth-order valence-electron chi connectivity index (χ4n) is 3.78. The first kappa shape index (κ1) is 13.7. The third kappa shape index (κ3) is 3.39. The van der Waals surface area contributed by atoms with E-state index in [2.05, 4.69) is 11.2 Å². The number of hydrogen-bond donors (Lipinski definition) is 1. The van der Waals surface area contributed by atoms with E-state index in [1.807, 2.05) is 11.8 Å². The summed E-state index contributed by atoms with van der Waals surface area (Å²) in [5.74, 6) is 2.29. The Bertz CT molecular complexity index is 222. The predicted octanol–water partition coefficient (Wildman–Crippen LogP) is 2.72. The minimum atomic E-state index is 0.662. The van der Waals surface area contributed by atoms with Crippen molar-refractivity contribution in [3.05, 3.63) is 0 Å². The van der Waals surface area contributed by atoms with Crippen LogP contribution in [0.3, 0.4) is 0 Å². The van der Waals surface area contributed by atoms with Gasteiger partial charge in [-0.1, -0.05) is 12.8 Å². The molecule has 0 aromatic heterocycles. The molecule has 1 heterocycles. The summed E-state index contributed by atoms with van der Waals surface area (Å²) in [4.78, 5) is 2.77. The topological polar surface area (TPSA) is 29.3 Å². The van der Waals surface area contributed by atoms with E-state index in [0.717, 1.165) is 18.5 Å². The number of thioether (sulfide) groups is 1. The molecule has 0 spiro atoms. The molecule has 17 heavy (non-hydrogen) atoms. The van der Waals surface area contributed by atoms with Crippen molar-refractivity contribution in [2.45, 2.75) is 57.0 Å². The van der Waals surface area contributed by atoms with E-state index in [-0.39, 0.29) is 0 Å². The van der Waals surface area contributed by atoms with Crippen molar-refractivity contribution in [1.82, 2.24) is 4.90 Å². The third-order valence-electron chi connectivity index (χ3n) is 4.68. The van der Waals surface area contributed by atoms with Gasteiger partial charge in [-0.05, 0) is 56.6 Å². The van der Waals surface area contributed by atoms with Crippen LogP contribution in [0.2, 0.25) is 0 Å². The van der Waals surface area contributed by atoms with E-state index in [1.54, 1.807) is 0 Å².